The Bertz CT molecular complexity index is 326. The van der Waals surface area contributed by atoms with Crippen molar-refractivity contribution in [2.75, 3.05) is 27.2 Å². The van der Waals surface area contributed by atoms with Gasteiger partial charge in [-0.05, 0) is 19.1 Å². The van der Waals surface area contributed by atoms with E-state index in [1.165, 1.54) is 25.9 Å². The Morgan fingerprint density at radius 2 is 2.06 bits per heavy atom. The maximum Gasteiger partial charge on any atom is 0.158 e. The number of nitrogens with one attached hydrogen (secondary N) is 2. The second-order valence-corrected chi connectivity index (χ2v) is 5.27. The van der Waals surface area contributed by atoms with E-state index in [2.05, 4.69) is 26.2 Å². The number of aryl methyl sites for hydroxylation is 1. The number of furan rings is 1. The summed E-state index contributed by atoms with van der Waals surface area (Å²) in [5.74, 6) is 2.15. The highest BCUT2D eigenvalue weighted by Gasteiger charge is 2.26. The third kappa shape index (κ3) is 2.86. The molecule has 0 aliphatic carbocycles. The van der Waals surface area contributed by atoms with Crippen LogP contribution in [-0.4, -0.2) is 33.2 Å². The molecule has 2 N–H and O–H groups in total. The van der Waals surface area contributed by atoms with E-state index in [0.717, 1.165) is 24.1 Å². The molecule has 1 atom stereocenters. The molecule has 0 amide bonds. The first-order chi connectivity index (χ1) is 7.65. The Kier molecular flexibility index (Phi) is 3.66. The van der Waals surface area contributed by atoms with Crippen LogP contribution in [0.15, 0.2) is 16.5 Å². The maximum absolute atomic E-state index is 5.64. The summed E-state index contributed by atoms with van der Waals surface area (Å²) >= 11 is 0. The van der Waals surface area contributed by atoms with E-state index in [-0.39, 0.29) is 0 Å². The summed E-state index contributed by atoms with van der Waals surface area (Å²) in [6, 6.07) is 4.98. The van der Waals surface area contributed by atoms with Crippen molar-refractivity contribution in [2.24, 2.45) is 0 Å². The third-order valence-corrected chi connectivity index (χ3v) is 3.79. The van der Waals surface area contributed by atoms with Gasteiger partial charge < -0.3 is 14.2 Å². The average Bonchev–Trinajstić information content (AvgIpc) is 2.65. The van der Waals surface area contributed by atoms with Crippen LogP contribution in [0, 0.1) is 6.92 Å². The van der Waals surface area contributed by atoms with Crippen LogP contribution in [0.1, 0.15) is 24.4 Å². The zero-order valence-electron chi connectivity index (χ0n) is 10.7. The number of hydrogen-bond donors (Lipinski definition) is 2. The third-order valence-electron chi connectivity index (χ3n) is 3.79. The minimum Gasteiger partial charge on any atom is -0.460 e. The molecule has 1 aliphatic heterocycles. The molecule has 0 spiro atoms. The van der Waals surface area contributed by atoms with Crippen molar-refractivity contribution in [2.45, 2.75) is 32.4 Å². The lowest BCUT2D eigenvalue weighted by Crippen LogP contribution is -3.17. The van der Waals surface area contributed by atoms with E-state index >= 15 is 0 Å². The van der Waals surface area contributed by atoms with Gasteiger partial charge in [-0.15, -0.1) is 0 Å². The number of likely N-dealkylation sites (tertiary alicyclic amines) is 1. The van der Waals surface area contributed by atoms with Gasteiger partial charge in [-0.1, -0.05) is 0 Å². The van der Waals surface area contributed by atoms with E-state index < -0.39 is 0 Å². The highest BCUT2D eigenvalue weighted by Crippen LogP contribution is 2.05. The molecule has 3 heteroatoms. The van der Waals surface area contributed by atoms with Crippen LogP contribution in [-0.2, 0) is 6.54 Å². The molecule has 1 fully saturated rings. The molecule has 1 aromatic rings. The van der Waals surface area contributed by atoms with Crippen LogP contribution in [0.3, 0.4) is 0 Å². The summed E-state index contributed by atoms with van der Waals surface area (Å²) in [6.07, 6.45) is 2.69. The van der Waals surface area contributed by atoms with Gasteiger partial charge in [0.15, 0.2) is 5.76 Å². The van der Waals surface area contributed by atoms with Gasteiger partial charge >= 0.3 is 0 Å². The predicted octanol–water partition coefficient (Wildman–Crippen LogP) is -0.720. The second-order valence-electron chi connectivity index (χ2n) is 5.27. The zero-order chi connectivity index (χ0) is 11.5. The molecular weight excluding hydrogens is 200 g/mol. The van der Waals surface area contributed by atoms with Crippen LogP contribution >= 0.6 is 0 Å². The maximum atomic E-state index is 5.64. The summed E-state index contributed by atoms with van der Waals surface area (Å²) in [5, 5.41) is 0. The molecule has 1 saturated heterocycles. The van der Waals surface area contributed by atoms with Gasteiger partial charge in [-0.25, -0.2) is 0 Å². The van der Waals surface area contributed by atoms with Gasteiger partial charge in [0, 0.05) is 12.8 Å². The summed E-state index contributed by atoms with van der Waals surface area (Å²) in [6.45, 7) is 5.67. The first-order valence-corrected chi connectivity index (χ1v) is 6.34. The summed E-state index contributed by atoms with van der Waals surface area (Å²) in [7, 11) is 4.59. The molecule has 90 valence electrons. The Morgan fingerprint density at radius 1 is 1.38 bits per heavy atom. The molecule has 0 saturated carbocycles. The molecule has 1 unspecified atom stereocenters. The Labute approximate surface area is 98.0 Å². The Hall–Kier alpha value is -0.800. The first-order valence-electron chi connectivity index (χ1n) is 6.34. The quantitative estimate of drug-likeness (QED) is 0.695. The topological polar surface area (TPSA) is 22.0 Å². The monoisotopic (exact) mass is 224 g/mol. The highest BCUT2D eigenvalue weighted by molar-refractivity contribution is 5.04. The molecule has 1 aromatic heterocycles. The van der Waals surface area contributed by atoms with E-state index in [9.17, 15) is 0 Å². The minimum absolute atomic E-state index is 0.814. The van der Waals surface area contributed by atoms with Crippen molar-refractivity contribution >= 4 is 0 Å². The minimum atomic E-state index is 0.814. The standard InChI is InChI=1S/C13H22N2O/c1-11-4-5-13(16-11)10-15(3)12-6-8-14(2)9-7-12/h4-5,12H,6-10H2,1-3H3/p+2. The SMILES string of the molecule is Cc1ccc(C[NH+](C)C2CC[NH+](C)CC2)o1. The molecule has 2 heterocycles. The fraction of sp³-hybridized carbons (Fsp3) is 0.692. The van der Waals surface area contributed by atoms with Crippen molar-refractivity contribution < 1.29 is 14.2 Å². The van der Waals surface area contributed by atoms with E-state index in [1.807, 2.05) is 6.92 Å². The normalized spacial score (nSPS) is 27.9. The zero-order valence-corrected chi connectivity index (χ0v) is 10.7. The lowest BCUT2D eigenvalue weighted by molar-refractivity contribution is -0.948. The molecule has 2 rings (SSSR count). The van der Waals surface area contributed by atoms with Gasteiger partial charge in [0.2, 0.25) is 0 Å². The van der Waals surface area contributed by atoms with Crippen LogP contribution < -0.4 is 9.80 Å². The fourth-order valence-electron chi connectivity index (χ4n) is 2.60. The first kappa shape index (κ1) is 11.7. The van der Waals surface area contributed by atoms with Crippen LogP contribution in [0.4, 0.5) is 0 Å². The van der Waals surface area contributed by atoms with Gasteiger partial charge in [-0.3, -0.25) is 0 Å². The molecule has 16 heavy (non-hydrogen) atoms. The van der Waals surface area contributed by atoms with Crippen molar-refractivity contribution in [3.8, 4) is 0 Å². The Balaban J connectivity index is 1.85. The molecule has 0 aromatic carbocycles. The van der Waals surface area contributed by atoms with Gasteiger partial charge in [-0.2, -0.15) is 0 Å². The molecule has 1 aliphatic rings. The largest absolute Gasteiger partial charge is 0.460 e. The summed E-state index contributed by atoms with van der Waals surface area (Å²) < 4.78 is 5.64. The van der Waals surface area contributed by atoms with E-state index in [1.54, 1.807) is 9.80 Å². The highest BCUT2D eigenvalue weighted by atomic mass is 16.3. The number of quaternary nitrogens is 2. The van der Waals surface area contributed by atoms with Crippen LogP contribution in [0.25, 0.3) is 0 Å². The molecule has 0 bridgehead atoms. The molecule has 0 radical (unpaired) electrons. The smallest absolute Gasteiger partial charge is 0.158 e. The number of piperidine rings is 1. The Morgan fingerprint density at radius 3 is 2.62 bits per heavy atom. The summed E-state index contributed by atoms with van der Waals surface area (Å²) in [4.78, 5) is 3.28. The van der Waals surface area contributed by atoms with E-state index in [0.29, 0.717) is 0 Å². The predicted molar refractivity (Wildman–Crippen MR) is 63.7 cm³/mol. The van der Waals surface area contributed by atoms with Crippen LogP contribution in [0.5, 0.6) is 0 Å². The second kappa shape index (κ2) is 5.02. The van der Waals surface area contributed by atoms with Gasteiger partial charge in [0.1, 0.15) is 12.3 Å². The van der Waals surface area contributed by atoms with Crippen molar-refractivity contribution in [1.82, 2.24) is 0 Å². The van der Waals surface area contributed by atoms with Gasteiger partial charge in [0.05, 0.1) is 33.2 Å². The fourth-order valence-corrected chi connectivity index (χ4v) is 2.60. The lowest BCUT2D eigenvalue weighted by atomic mass is 10.0. The average molecular weight is 224 g/mol. The lowest BCUT2D eigenvalue weighted by Gasteiger charge is -2.30. The molecule has 3 nitrogen and oxygen atoms in total. The van der Waals surface area contributed by atoms with Crippen molar-refractivity contribution in [3.63, 3.8) is 0 Å². The number of hydrogen-bond acceptors (Lipinski definition) is 1. The van der Waals surface area contributed by atoms with Crippen molar-refractivity contribution in [3.05, 3.63) is 23.7 Å². The van der Waals surface area contributed by atoms with Crippen LogP contribution in [0.2, 0.25) is 0 Å². The van der Waals surface area contributed by atoms with Crippen molar-refractivity contribution in [1.29, 1.82) is 0 Å². The summed E-state index contributed by atoms with van der Waals surface area (Å²) in [5.41, 5.74) is 0. The molecular formula is C13H24N2O+2. The van der Waals surface area contributed by atoms with E-state index in [4.69, 9.17) is 4.42 Å². The number of rotatable bonds is 3. The van der Waals surface area contributed by atoms with Gasteiger partial charge in [0.25, 0.3) is 0 Å².